The minimum Gasteiger partial charge on any atom is -0.494 e. The monoisotopic (exact) mass is 658 g/mol. The summed E-state index contributed by atoms with van der Waals surface area (Å²) in [4.78, 5) is 25.8. The zero-order valence-electron chi connectivity index (χ0n) is 26.6. The molecule has 0 bridgehead atoms. The predicted octanol–water partition coefficient (Wildman–Crippen LogP) is 6.98. The van der Waals surface area contributed by atoms with Crippen LogP contribution in [0.15, 0.2) is 89.8 Å². The maximum absolute atomic E-state index is 14.9. The van der Waals surface area contributed by atoms with E-state index in [0.29, 0.717) is 25.3 Å². The van der Waals surface area contributed by atoms with Crippen LogP contribution in [-0.4, -0.2) is 44.9 Å². The van der Waals surface area contributed by atoms with E-state index in [0.717, 1.165) is 59.5 Å². The van der Waals surface area contributed by atoms with Crippen molar-refractivity contribution in [2.45, 2.75) is 57.4 Å². The van der Waals surface area contributed by atoms with E-state index in [1.807, 2.05) is 29.2 Å². The first-order chi connectivity index (χ1) is 22.6. The molecule has 0 atom stereocenters. The molecular formula is C37H39FN2O6S. The molecule has 0 aliphatic carbocycles. The molecule has 1 fully saturated rings. The maximum Gasteiger partial charge on any atom is 0.341 e. The predicted molar refractivity (Wildman–Crippen MR) is 179 cm³/mol. The van der Waals surface area contributed by atoms with Gasteiger partial charge in [-0.3, -0.25) is 9.59 Å². The van der Waals surface area contributed by atoms with Gasteiger partial charge in [-0.15, -0.1) is 0 Å². The Bertz CT molecular complexity index is 1820. The molecule has 1 aliphatic rings. The van der Waals surface area contributed by atoms with Crippen LogP contribution in [0.3, 0.4) is 0 Å². The first-order valence-electron chi connectivity index (χ1n) is 15.7. The number of carbonyl (C=O) groups is 2. The van der Waals surface area contributed by atoms with Gasteiger partial charge in [0.2, 0.25) is 5.91 Å². The Morgan fingerprint density at radius 3 is 2.43 bits per heavy atom. The van der Waals surface area contributed by atoms with E-state index >= 15 is 0 Å². The van der Waals surface area contributed by atoms with Gasteiger partial charge in [-0.2, -0.15) is 8.42 Å². The zero-order valence-corrected chi connectivity index (χ0v) is 27.4. The first kappa shape index (κ1) is 33.7. The molecule has 47 heavy (non-hydrogen) atoms. The lowest BCUT2D eigenvalue weighted by atomic mass is 9.94. The standard InChI is InChI=1S/C37H39FN2O6S/c1-26-21-32(45-20-8-19-40-18-7-13-35(40)41)22-27(2)37(26)30-10-6-9-28(23-30)25-39-31-16-14-29(34(38)24-31)15-17-36(42)46-47(43,44)33-11-4-3-5-12-33/h3-6,9-12,14,16,21-24,39H,7-8,13,15,17-20,25H2,1-2H3. The Labute approximate surface area is 275 Å². The third-order valence-corrected chi connectivity index (χ3v) is 9.37. The number of rotatable bonds is 14. The second-order valence-electron chi connectivity index (χ2n) is 11.7. The van der Waals surface area contributed by atoms with E-state index in [9.17, 15) is 22.4 Å². The molecule has 1 amide bonds. The number of hydrogen-bond donors (Lipinski definition) is 1. The Morgan fingerprint density at radius 2 is 1.72 bits per heavy atom. The molecule has 0 radical (unpaired) electrons. The molecule has 5 rings (SSSR count). The highest BCUT2D eigenvalue weighted by Crippen LogP contribution is 2.32. The number of amides is 1. The van der Waals surface area contributed by atoms with Crippen LogP contribution >= 0.6 is 0 Å². The lowest BCUT2D eigenvalue weighted by molar-refractivity contribution is -0.133. The van der Waals surface area contributed by atoms with Gasteiger partial charge in [0, 0.05) is 31.7 Å². The number of aryl methyl sites for hydroxylation is 3. The van der Waals surface area contributed by atoms with E-state index in [1.54, 1.807) is 18.2 Å². The number of likely N-dealkylation sites (tertiary alicyclic amines) is 1. The second-order valence-corrected chi connectivity index (χ2v) is 13.2. The van der Waals surface area contributed by atoms with E-state index in [-0.39, 0.29) is 29.2 Å². The highest BCUT2D eigenvalue weighted by atomic mass is 32.2. The van der Waals surface area contributed by atoms with E-state index < -0.39 is 21.9 Å². The van der Waals surface area contributed by atoms with E-state index in [4.69, 9.17) is 4.74 Å². The molecule has 246 valence electrons. The lowest BCUT2D eigenvalue weighted by Gasteiger charge is -2.17. The van der Waals surface area contributed by atoms with Crippen molar-refractivity contribution in [1.82, 2.24) is 4.90 Å². The summed E-state index contributed by atoms with van der Waals surface area (Å²) in [5.74, 6) is -0.402. The fraction of sp³-hybridized carbons (Fsp3) is 0.297. The molecule has 0 aromatic heterocycles. The van der Waals surface area contributed by atoms with Crippen LogP contribution in [0.1, 0.15) is 47.9 Å². The van der Waals surface area contributed by atoms with Crippen LogP contribution in [0.5, 0.6) is 5.75 Å². The van der Waals surface area contributed by atoms with Gasteiger partial charge in [0.1, 0.15) is 16.5 Å². The quantitative estimate of drug-likeness (QED) is 0.115. The summed E-state index contributed by atoms with van der Waals surface area (Å²) >= 11 is 0. The van der Waals surface area contributed by atoms with Crippen molar-refractivity contribution in [1.29, 1.82) is 0 Å². The molecule has 8 nitrogen and oxygen atoms in total. The minimum atomic E-state index is -4.22. The number of halogens is 1. The van der Waals surface area contributed by atoms with Gasteiger partial charge >= 0.3 is 16.1 Å². The van der Waals surface area contributed by atoms with Gasteiger partial charge < -0.3 is 19.1 Å². The molecular weight excluding hydrogens is 619 g/mol. The normalized spacial score (nSPS) is 13.1. The topological polar surface area (TPSA) is 102 Å². The van der Waals surface area contributed by atoms with E-state index in [2.05, 4.69) is 35.5 Å². The summed E-state index contributed by atoms with van der Waals surface area (Å²) in [6.07, 6.45) is 2.11. The number of anilines is 1. The molecule has 4 aromatic rings. The SMILES string of the molecule is Cc1cc(OCCCN2CCCC2=O)cc(C)c1-c1cccc(CNc2ccc(CCC(=O)OS(=O)(=O)c3ccccc3)c(F)c2)c1. The number of nitrogens with zero attached hydrogens (tertiary/aromatic N) is 1. The van der Waals surface area contributed by atoms with Crippen molar-refractivity contribution in [3.05, 3.63) is 113 Å². The van der Waals surface area contributed by atoms with Crippen LogP contribution in [0.4, 0.5) is 10.1 Å². The smallest absolute Gasteiger partial charge is 0.341 e. The van der Waals surface area contributed by atoms with Crippen LogP contribution in [0, 0.1) is 19.7 Å². The molecule has 0 saturated carbocycles. The summed E-state index contributed by atoms with van der Waals surface area (Å²) in [6.45, 7) is 6.72. The molecule has 1 aliphatic heterocycles. The van der Waals surface area contributed by atoms with Crippen molar-refractivity contribution in [2.24, 2.45) is 0 Å². The van der Waals surface area contributed by atoms with E-state index in [1.165, 1.54) is 30.3 Å². The van der Waals surface area contributed by atoms with Crippen molar-refractivity contribution in [2.75, 3.05) is 25.0 Å². The van der Waals surface area contributed by atoms with Crippen molar-refractivity contribution in [3.8, 4) is 16.9 Å². The second kappa shape index (κ2) is 15.3. The Morgan fingerprint density at radius 1 is 0.957 bits per heavy atom. The zero-order chi connectivity index (χ0) is 33.4. The Hall–Kier alpha value is -4.70. The van der Waals surface area contributed by atoms with Gasteiger partial charge in [0.15, 0.2) is 0 Å². The Kier molecular flexibility index (Phi) is 10.9. The van der Waals surface area contributed by atoms with Crippen molar-refractivity contribution in [3.63, 3.8) is 0 Å². The number of nitrogens with one attached hydrogen (secondary N) is 1. The fourth-order valence-corrected chi connectivity index (χ4v) is 6.70. The Balaban J connectivity index is 1.13. The van der Waals surface area contributed by atoms with Gasteiger partial charge in [0.25, 0.3) is 0 Å². The first-order valence-corrected chi connectivity index (χ1v) is 17.2. The van der Waals surface area contributed by atoms with Gasteiger partial charge in [-0.05, 0) is 109 Å². The summed E-state index contributed by atoms with van der Waals surface area (Å²) in [5, 5.41) is 3.26. The highest BCUT2D eigenvalue weighted by Gasteiger charge is 2.21. The van der Waals surface area contributed by atoms with Crippen LogP contribution in [0.25, 0.3) is 11.1 Å². The molecule has 0 spiro atoms. The molecule has 1 saturated heterocycles. The maximum atomic E-state index is 14.9. The highest BCUT2D eigenvalue weighted by molar-refractivity contribution is 7.87. The molecule has 1 N–H and O–H groups in total. The molecule has 4 aromatic carbocycles. The summed E-state index contributed by atoms with van der Waals surface area (Å²) < 4.78 is 50.1. The van der Waals surface area contributed by atoms with Crippen LogP contribution < -0.4 is 10.1 Å². The summed E-state index contributed by atoms with van der Waals surface area (Å²) in [6, 6.07) is 24.3. The third kappa shape index (κ3) is 8.98. The summed E-state index contributed by atoms with van der Waals surface area (Å²) in [5.41, 5.74) is 6.27. The number of hydrogen-bond acceptors (Lipinski definition) is 7. The largest absolute Gasteiger partial charge is 0.494 e. The van der Waals surface area contributed by atoms with Crippen LogP contribution in [0.2, 0.25) is 0 Å². The van der Waals surface area contributed by atoms with Crippen molar-refractivity contribution >= 4 is 27.7 Å². The molecule has 0 unspecified atom stereocenters. The average Bonchev–Trinajstić information content (AvgIpc) is 3.46. The van der Waals surface area contributed by atoms with Gasteiger partial charge in [-0.25, -0.2) is 4.39 Å². The van der Waals surface area contributed by atoms with Crippen molar-refractivity contribution < 1.29 is 31.3 Å². The third-order valence-electron chi connectivity index (χ3n) is 8.12. The lowest BCUT2D eigenvalue weighted by Crippen LogP contribution is -2.26. The number of benzene rings is 4. The summed E-state index contributed by atoms with van der Waals surface area (Å²) in [7, 11) is -4.22. The fourth-order valence-electron chi connectivity index (χ4n) is 5.79. The average molecular weight is 659 g/mol. The number of ether oxygens (including phenoxy) is 1. The number of carbonyl (C=O) groups excluding carboxylic acids is 2. The molecule has 10 heteroatoms. The van der Waals surface area contributed by atoms with Crippen LogP contribution in [-0.2, 0) is 36.9 Å². The molecule has 1 heterocycles. The van der Waals surface area contributed by atoms with Gasteiger partial charge in [-0.1, -0.05) is 42.5 Å². The minimum absolute atomic E-state index is 0.000549. The van der Waals surface area contributed by atoms with Gasteiger partial charge in [0.05, 0.1) is 13.0 Å².